The molecule has 15 heavy (non-hydrogen) atoms. The van der Waals surface area contributed by atoms with Crippen LogP contribution in [-0.4, -0.2) is 24.3 Å². The van der Waals surface area contributed by atoms with Crippen molar-refractivity contribution in [3.05, 3.63) is 35.4 Å². The smallest absolute Gasteiger partial charge is 0.310 e. The van der Waals surface area contributed by atoms with Crippen molar-refractivity contribution in [2.75, 3.05) is 13.2 Å². The van der Waals surface area contributed by atoms with Gasteiger partial charge < -0.3 is 9.84 Å². The highest BCUT2D eigenvalue weighted by Gasteiger charge is 2.26. The second-order valence-corrected chi connectivity index (χ2v) is 3.92. The Morgan fingerprint density at radius 1 is 1.47 bits per heavy atom. The average molecular weight is 206 g/mol. The molecule has 1 atom stereocenters. The molecule has 1 aliphatic heterocycles. The zero-order chi connectivity index (χ0) is 10.8. The predicted octanol–water partition coefficient (Wildman–Crippen LogP) is 1.99. The summed E-state index contributed by atoms with van der Waals surface area (Å²) in [5, 5.41) is 9.00. The lowest BCUT2D eigenvalue weighted by atomic mass is 9.87. The fourth-order valence-corrected chi connectivity index (χ4v) is 1.83. The molecule has 1 aliphatic rings. The summed E-state index contributed by atoms with van der Waals surface area (Å²) in [6.45, 7) is 3.15. The van der Waals surface area contributed by atoms with Gasteiger partial charge in [-0.3, -0.25) is 4.79 Å². The first kappa shape index (κ1) is 10.2. The molecule has 0 aliphatic carbocycles. The van der Waals surface area contributed by atoms with Gasteiger partial charge in [-0.25, -0.2) is 0 Å². The van der Waals surface area contributed by atoms with Crippen molar-refractivity contribution < 1.29 is 14.6 Å². The van der Waals surface area contributed by atoms with E-state index in [1.807, 2.05) is 24.3 Å². The quantitative estimate of drug-likeness (QED) is 0.822. The van der Waals surface area contributed by atoms with Crippen LogP contribution in [0.25, 0.3) is 0 Å². The lowest BCUT2D eigenvalue weighted by Gasteiger charge is -2.29. The third-order valence-electron chi connectivity index (χ3n) is 2.91. The Balaban J connectivity index is 2.32. The highest BCUT2D eigenvalue weighted by molar-refractivity contribution is 5.76. The molecule has 1 heterocycles. The van der Waals surface area contributed by atoms with Crippen LogP contribution in [0.15, 0.2) is 24.3 Å². The molecule has 1 aromatic rings. The second kappa shape index (κ2) is 4.03. The lowest BCUT2D eigenvalue weighted by Crippen LogP contribution is -2.27. The molecular weight excluding hydrogens is 192 g/mol. The maximum Gasteiger partial charge on any atom is 0.310 e. The molecule has 2 rings (SSSR count). The van der Waals surface area contributed by atoms with Crippen LogP contribution in [0.4, 0.5) is 0 Å². The van der Waals surface area contributed by atoms with Gasteiger partial charge in [-0.15, -0.1) is 0 Å². The molecule has 1 unspecified atom stereocenters. The van der Waals surface area contributed by atoms with E-state index in [4.69, 9.17) is 9.84 Å². The highest BCUT2D eigenvalue weighted by atomic mass is 16.5. The first-order valence-electron chi connectivity index (χ1n) is 5.09. The van der Waals surface area contributed by atoms with E-state index in [1.165, 1.54) is 0 Å². The van der Waals surface area contributed by atoms with Gasteiger partial charge in [-0.1, -0.05) is 24.3 Å². The van der Waals surface area contributed by atoms with Crippen LogP contribution in [0, 0.1) is 0 Å². The Bertz CT molecular complexity index is 369. The predicted molar refractivity (Wildman–Crippen MR) is 56.1 cm³/mol. The van der Waals surface area contributed by atoms with Gasteiger partial charge in [0.05, 0.1) is 19.1 Å². The Hall–Kier alpha value is -1.35. The molecule has 3 nitrogen and oxygen atoms in total. The Kier molecular flexibility index (Phi) is 2.73. The number of benzene rings is 1. The molecule has 80 valence electrons. The molecule has 0 saturated carbocycles. The molecule has 1 N–H and O–H groups in total. The summed E-state index contributed by atoms with van der Waals surface area (Å²) in [5.74, 6) is -0.840. The van der Waals surface area contributed by atoms with Gasteiger partial charge in [-0.2, -0.15) is 0 Å². The summed E-state index contributed by atoms with van der Waals surface area (Å²) in [5.41, 5.74) is 2.04. The molecule has 0 bridgehead atoms. The molecule has 1 fully saturated rings. The lowest BCUT2D eigenvalue weighted by molar-refractivity contribution is -0.138. The zero-order valence-corrected chi connectivity index (χ0v) is 8.64. The number of hydrogen-bond donors (Lipinski definition) is 1. The largest absolute Gasteiger partial charge is 0.481 e. The van der Waals surface area contributed by atoms with Crippen molar-refractivity contribution in [2.45, 2.75) is 18.8 Å². The molecule has 0 aromatic heterocycles. The molecule has 3 heteroatoms. The van der Waals surface area contributed by atoms with Gasteiger partial charge >= 0.3 is 5.97 Å². The number of hydrogen-bond acceptors (Lipinski definition) is 2. The summed E-state index contributed by atoms with van der Waals surface area (Å²) in [4.78, 5) is 10.9. The third kappa shape index (κ3) is 1.88. The topological polar surface area (TPSA) is 46.5 Å². The van der Waals surface area contributed by atoms with E-state index >= 15 is 0 Å². The molecular formula is C12H14O3. The van der Waals surface area contributed by atoms with Gasteiger partial charge in [0.1, 0.15) is 0 Å². The van der Waals surface area contributed by atoms with E-state index in [0.717, 1.165) is 11.1 Å². The highest BCUT2D eigenvalue weighted by Crippen LogP contribution is 2.30. The first-order valence-corrected chi connectivity index (χ1v) is 5.09. The van der Waals surface area contributed by atoms with E-state index in [-0.39, 0.29) is 0 Å². The van der Waals surface area contributed by atoms with Crippen molar-refractivity contribution in [3.8, 4) is 0 Å². The SMILES string of the molecule is CC(C(=O)O)c1ccccc1C1COC1. The summed E-state index contributed by atoms with van der Waals surface area (Å²) in [6, 6.07) is 7.73. The maximum atomic E-state index is 10.9. The first-order chi connectivity index (χ1) is 7.20. The third-order valence-corrected chi connectivity index (χ3v) is 2.91. The normalized spacial score (nSPS) is 18.2. The number of aliphatic carboxylic acids is 1. The van der Waals surface area contributed by atoms with Crippen LogP contribution in [0.5, 0.6) is 0 Å². The van der Waals surface area contributed by atoms with Crippen LogP contribution >= 0.6 is 0 Å². The van der Waals surface area contributed by atoms with Crippen molar-refractivity contribution in [1.29, 1.82) is 0 Å². The minimum Gasteiger partial charge on any atom is -0.481 e. The summed E-state index contributed by atoms with van der Waals surface area (Å²) in [7, 11) is 0. The Labute approximate surface area is 88.7 Å². The summed E-state index contributed by atoms with van der Waals surface area (Å²) < 4.78 is 5.14. The number of carboxylic acids is 1. The van der Waals surface area contributed by atoms with Crippen molar-refractivity contribution >= 4 is 5.97 Å². The van der Waals surface area contributed by atoms with Crippen LogP contribution < -0.4 is 0 Å². The van der Waals surface area contributed by atoms with Gasteiger partial charge in [0.15, 0.2) is 0 Å². The van der Waals surface area contributed by atoms with Crippen LogP contribution in [-0.2, 0) is 9.53 Å². The molecule has 0 spiro atoms. The van der Waals surface area contributed by atoms with E-state index in [0.29, 0.717) is 19.1 Å². The fraction of sp³-hybridized carbons (Fsp3) is 0.417. The molecule has 0 radical (unpaired) electrons. The number of ether oxygens (including phenoxy) is 1. The van der Waals surface area contributed by atoms with E-state index in [1.54, 1.807) is 6.92 Å². The van der Waals surface area contributed by atoms with E-state index in [2.05, 4.69) is 0 Å². The van der Waals surface area contributed by atoms with Crippen LogP contribution in [0.3, 0.4) is 0 Å². The Morgan fingerprint density at radius 2 is 2.13 bits per heavy atom. The van der Waals surface area contributed by atoms with Crippen molar-refractivity contribution in [3.63, 3.8) is 0 Å². The van der Waals surface area contributed by atoms with Crippen molar-refractivity contribution in [2.24, 2.45) is 0 Å². The average Bonchev–Trinajstić information content (AvgIpc) is 2.15. The number of carboxylic acid groups (broad SMARTS) is 1. The number of rotatable bonds is 3. The van der Waals surface area contributed by atoms with Crippen LogP contribution in [0.1, 0.15) is 29.9 Å². The summed E-state index contributed by atoms with van der Waals surface area (Å²) >= 11 is 0. The standard InChI is InChI=1S/C12H14O3/c1-8(12(13)14)10-4-2-3-5-11(10)9-6-15-7-9/h2-5,8-9H,6-7H2,1H3,(H,13,14). The zero-order valence-electron chi connectivity index (χ0n) is 8.64. The van der Waals surface area contributed by atoms with E-state index < -0.39 is 11.9 Å². The van der Waals surface area contributed by atoms with E-state index in [9.17, 15) is 4.79 Å². The van der Waals surface area contributed by atoms with Gasteiger partial charge in [0.2, 0.25) is 0 Å². The van der Waals surface area contributed by atoms with Crippen LogP contribution in [0.2, 0.25) is 0 Å². The van der Waals surface area contributed by atoms with Crippen molar-refractivity contribution in [1.82, 2.24) is 0 Å². The van der Waals surface area contributed by atoms with Gasteiger partial charge in [0.25, 0.3) is 0 Å². The monoisotopic (exact) mass is 206 g/mol. The summed E-state index contributed by atoms with van der Waals surface area (Å²) in [6.07, 6.45) is 0. The second-order valence-electron chi connectivity index (χ2n) is 3.92. The minimum absolute atomic E-state index is 0.378. The Morgan fingerprint density at radius 3 is 2.67 bits per heavy atom. The minimum atomic E-state index is -0.775. The van der Waals surface area contributed by atoms with Gasteiger partial charge in [-0.05, 0) is 18.1 Å². The molecule has 1 aromatic carbocycles. The molecule has 1 saturated heterocycles. The maximum absolute atomic E-state index is 10.9. The molecule has 0 amide bonds. The fourth-order valence-electron chi connectivity index (χ4n) is 1.83. The van der Waals surface area contributed by atoms with Gasteiger partial charge in [0, 0.05) is 5.92 Å². The number of carbonyl (C=O) groups is 1.